The number of piperidine rings is 1. The van der Waals surface area contributed by atoms with Gasteiger partial charge in [0.2, 0.25) is 0 Å². The van der Waals surface area contributed by atoms with Crippen LogP contribution >= 0.6 is 0 Å². The van der Waals surface area contributed by atoms with E-state index in [1.165, 1.54) is 5.56 Å². The number of rotatable bonds is 6. The van der Waals surface area contributed by atoms with Crippen LogP contribution in [0.15, 0.2) is 66.7 Å². The number of benzene rings is 3. The zero-order chi connectivity index (χ0) is 26.0. The van der Waals surface area contributed by atoms with Crippen molar-refractivity contribution in [1.29, 1.82) is 0 Å². The number of anilines is 1. The summed E-state index contributed by atoms with van der Waals surface area (Å²) < 4.78 is 11.2. The lowest BCUT2D eigenvalue weighted by Gasteiger charge is -2.40. The van der Waals surface area contributed by atoms with Crippen molar-refractivity contribution in [3.05, 3.63) is 83.4 Å². The minimum atomic E-state index is -0.340. The van der Waals surface area contributed by atoms with Gasteiger partial charge in [0.1, 0.15) is 5.75 Å². The first kappa shape index (κ1) is 25.0. The molecule has 5 rings (SSSR count). The Kier molecular flexibility index (Phi) is 7.02. The fourth-order valence-corrected chi connectivity index (χ4v) is 5.38. The lowest BCUT2D eigenvalue weighted by Crippen LogP contribution is -2.46. The van der Waals surface area contributed by atoms with Gasteiger partial charge in [-0.2, -0.15) is 0 Å². The van der Waals surface area contributed by atoms with Gasteiger partial charge in [0, 0.05) is 28.3 Å². The summed E-state index contributed by atoms with van der Waals surface area (Å²) in [6, 6.07) is 21.3. The monoisotopic (exact) mass is 498 g/mol. The second-order valence-corrected chi connectivity index (χ2v) is 10.2. The molecule has 2 aliphatic rings. The Hall–Kier alpha value is -3.64. The molecule has 2 heterocycles. The molecule has 1 amide bonds. The zero-order valence-electron chi connectivity index (χ0n) is 21.8. The van der Waals surface area contributed by atoms with E-state index in [-0.39, 0.29) is 17.3 Å². The third kappa shape index (κ3) is 5.12. The van der Waals surface area contributed by atoms with Crippen molar-refractivity contribution in [2.24, 2.45) is 0 Å². The molecule has 2 aliphatic heterocycles. The van der Waals surface area contributed by atoms with E-state index in [2.05, 4.69) is 30.1 Å². The molecule has 1 N–H and O–H groups in total. The molecule has 0 atom stereocenters. The Morgan fingerprint density at radius 1 is 0.973 bits per heavy atom. The van der Waals surface area contributed by atoms with Crippen LogP contribution in [0.1, 0.15) is 59.9 Å². The van der Waals surface area contributed by atoms with E-state index in [4.69, 9.17) is 9.47 Å². The molecule has 0 aliphatic carbocycles. The van der Waals surface area contributed by atoms with E-state index in [9.17, 15) is 9.59 Å². The minimum Gasteiger partial charge on any atom is -0.492 e. The maximum Gasteiger partial charge on any atom is 0.338 e. The van der Waals surface area contributed by atoms with Crippen molar-refractivity contribution < 1.29 is 19.1 Å². The average molecular weight is 499 g/mol. The fraction of sp³-hybridized carbons (Fsp3) is 0.355. The summed E-state index contributed by atoms with van der Waals surface area (Å²) in [5, 5.41) is 3.07. The van der Waals surface area contributed by atoms with Gasteiger partial charge in [-0.1, -0.05) is 24.3 Å². The van der Waals surface area contributed by atoms with Gasteiger partial charge in [0.25, 0.3) is 5.91 Å². The molecule has 3 aromatic rings. The highest BCUT2D eigenvalue weighted by Gasteiger charge is 2.43. The summed E-state index contributed by atoms with van der Waals surface area (Å²) in [6.45, 7) is 9.45. The summed E-state index contributed by atoms with van der Waals surface area (Å²) in [4.78, 5) is 27.6. The van der Waals surface area contributed by atoms with Crippen LogP contribution in [0.25, 0.3) is 11.1 Å². The fourth-order valence-electron chi connectivity index (χ4n) is 5.38. The minimum absolute atomic E-state index is 0.0290. The molecule has 1 spiro atoms. The van der Waals surface area contributed by atoms with E-state index in [0.29, 0.717) is 30.4 Å². The van der Waals surface area contributed by atoms with Crippen LogP contribution < -0.4 is 10.1 Å². The van der Waals surface area contributed by atoms with Crippen LogP contribution in [0.5, 0.6) is 5.75 Å². The first-order valence-electron chi connectivity index (χ1n) is 13.1. The summed E-state index contributed by atoms with van der Waals surface area (Å²) >= 11 is 0. The molecule has 6 heteroatoms. The standard InChI is InChI=1S/C31H34N2O4/c1-4-36-30(35)25-7-5-6-24(18-25)22-8-10-23(11-9-22)29(34)32-26-12-13-28-27(19-26)31(20-37-28)14-16-33(17-15-31)21(2)3/h5-13,18-19,21H,4,14-17,20H2,1-3H3,(H,32,34). The SMILES string of the molecule is CCOC(=O)c1cccc(-c2ccc(C(=O)Nc3ccc4c(c3)C3(CCN(C(C)C)CC3)CO4)cc2)c1. The van der Waals surface area contributed by atoms with Gasteiger partial charge < -0.3 is 19.7 Å². The van der Waals surface area contributed by atoms with Gasteiger partial charge in [-0.3, -0.25) is 4.79 Å². The average Bonchev–Trinajstić information content (AvgIpc) is 3.26. The van der Waals surface area contributed by atoms with Crippen LogP contribution in [0.2, 0.25) is 0 Å². The summed E-state index contributed by atoms with van der Waals surface area (Å²) in [5.74, 6) is 0.437. The number of amides is 1. The largest absolute Gasteiger partial charge is 0.492 e. The van der Waals surface area contributed by atoms with Crippen LogP contribution in [-0.4, -0.2) is 49.1 Å². The summed E-state index contributed by atoms with van der Waals surface area (Å²) in [5.41, 5.74) is 4.92. The Bertz CT molecular complexity index is 1290. The second kappa shape index (κ2) is 10.4. The number of carbonyl (C=O) groups is 2. The molecule has 1 fully saturated rings. The number of nitrogens with one attached hydrogen (secondary N) is 1. The van der Waals surface area contributed by atoms with Gasteiger partial charge >= 0.3 is 5.97 Å². The number of ether oxygens (including phenoxy) is 2. The molecule has 0 saturated carbocycles. The van der Waals surface area contributed by atoms with Crippen molar-refractivity contribution in [3.8, 4) is 16.9 Å². The first-order valence-corrected chi connectivity index (χ1v) is 13.1. The van der Waals surface area contributed by atoms with Crippen LogP contribution in [0, 0.1) is 0 Å². The Morgan fingerprint density at radius 3 is 2.43 bits per heavy atom. The maximum atomic E-state index is 13.1. The van der Waals surface area contributed by atoms with Gasteiger partial charge in [-0.25, -0.2) is 4.79 Å². The van der Waals surface area contributed by atoms with Gasteiger partial charge in [-0.15, -0.1) is 0 Å². The lowest BCUT2D eigenvalue weighted by molar-refractivity contribution is 0.0526. The molecule has 6 nitrogen and oxygen atoms in total. The highest BCUT2D eigenvalue weighted by atomic mass is 16.5. The first-order chi connectivity index (χ1) is 17.9. The Morgan fingerprint density at radius 2 is 1.73 bits per heavy atom. The maximum absolute atomic E-state index is 13.1. The molecule has 0 aromatic heterocycles. The molecule has 1 saturated heterocycles. The molecule has 0 bridgehead atoms. The smallest absolute Gasteiger partial charge is 0.338 e. The molecular weight excluding hydrogens is 464 g/mol. The number of fused-ring (bicyclic) bond motifs is 2. The topological polar surface area (TPSA) is 67.9 Å². The van der Waals surface area contributed by atoms with E-state index in [1.807, 2.05) is 36.4 Å². The molecule has 0 radical (unpaired) electrons. The zero-order valence-corrected chi connectivity index (χ0v) is 21.8. The van der Waals surface area contributed by atoms with Crippen LogP contribution in [-0.2, 0) is 10.2 Å². The van der Waals surface area contributed by atoms with Crippen molar-refractivity contribution in [1.82, 2.24) is 4.90 Å². The van der Waals surface area contributed by atoms with Gasteiger partial charge in [-0.05, 0) is 100 Å². The molecular formula is C31H34N2O4. The highest BCUT2D eigenvalue weighted by Crippen LogP contribution is 2.46. The highest BCUT2D eigenvalue weighted by molar-refractivity contribution is 6.04. The van der Waals surface area contributed by atoms with Crippen molar-refractivity contribution in [2.75, 3.05) is 31.6 Å². The van der Waals surface area contributed by atoms with Crippen LogP contribution in [0.3, 0.4) is 0 Å². The molecule has 192 valence electrons. The van der Waals surface area contributed by atoms with E-state index in [1.54, 1.807) is 31.2 Å². The predicted octanol–water partition coefficient (Wildman–Crippen LogP) is 5.92. The number of carbonyl (C=O) groups excluding carboxylic acids is 2. The molecule has 37 heavy (non-hydrogen) atoms. The van der Waals surface area contributed by atoms with E-state index < -0.39 is 0 Å². The number of esters is 1. The Labute approximate surface area is 218 Å². The van der Waals surface area contributed by atoms with Crippen LogP contribution in [0.4, 0.5) is 5.69 Å². The third-order valence-corrected chi connectivity index (χ3v) is 7.65. The third-order valence-electron chi connectivity index (χ3n) is 7.65. The summed E-state index contributed by atoms with van der Waals surface area (Å²) in [7, 11) is 0. The van der Waals surface area contributed by atoms with Gasteiger partial charge in [0.15, 0.2) is 0 Å². The number of nitrogens with zero attached hydrogens (tertiary/aromatic N) is 1. The summed E-state index contributed by atoms with van der Waals surface area (Å²) in [6.07, 6.45) is 2.13. The normalized spacial score (nSPS) is 16.3. The van der Waals surface area contributed by atoms with Crippen molar-refractivity contribution >= 4 is 17.6 Å². The van der Waals surface area contributed by atoms with Crippen molar-refractivity contribution in [3.63, 3.8) is 0 Å². The Balaban J connectivity index is 1.29. The quantitative estimate of drug-likeness (QED) is 0.428. The number of hydrogen-bond acceptors (Lipinski definition) is 5. The number of likely N-dealkylation sites (tertiary alicyclic amines) is 1. The predicted molar refractivity (Wildman–Crippen MR) is 145 cm³/mol. The molecule has 0 unspecified atom stereocenters. The number of hydrogen-bond donors (Lipinski definition) is 1. The van der Waals surface area contributed by atoms with Gasteiger partial charge in [0.05, 0.1) is 18.8 Å². The van der Waals surface area contributed by atoms with Crippen molar-refractivity contribution in [2.45, 2.75) is 45.1 Å². The lowest BCUT2D eigenvalue weighted by atomic mass is 9.74. The second-order valence-electron chi connectivity index (χ2n) is 10.2. The van der Waals surface area contributed by atoms with E-state index >= 15 is 0 Å². The van der Waals surface area contributed by atoms with E-state index in [0.717, 1.165) is 48.5 Å². The molecule has 3 aromatic carbocycles.